The monoisotopic (exact) mass is 480 g/mol. The van der Waals surface area contributed by atoms with E-state index >= 15 is 0 Å². The summed E-state index contributed by atoms with van der Waals surface area (Å²) in [7, 11) is 0. The van der Waals surface area contributed by atoms with Crippen molar-refractivity contribution in [1.29, 1.82) is 0 Å². The number of para-hydroxylation sites is 1. The number of ether oxygens (including phenoxy) is 2. The maximum absolute atomic E-state index is 12.3. The first-order chi connectivity index (χ1) is 16.4. The third-order valence-corrected chi connectivity index (χ3v) is 5.50. The molecule has 34 heavy (non-hydrogen) atoms. The molecule has 7 heteroatoms. The fourth-order valence-corrected chi connectivity index (χ4v) is 3.48. The number of alkyl carbamates (subject to hydrolysis) is 1. The van der Waals surface area contributed by atoms with Crippen LogP contribution in [-0.2, 0) is 17.9 Å². The zero-order valence-corrected chi connectivity index (χ0v) is 20.1. The first-order valence-corrected chi connectivity index (χ1v) is 11.6. The SMILES string of the molecule is CC(C)CCNC(=O)Oc1ccccc1-c1ccccc1CNC(=O)OCc1ccccc1Cl. The summed E-state index contributed by atoms with van der Waals surface area (Å²) in [6.45, 7) is 5.07. The summed E-state index contributed by atoms with van der Waals surface area (Å²) < 4.78 is 10.9. The highest BCUT2D eigenvalue weighted by Gasteiger charge is 2.14. The number of halogens is 1. The average Bonchev–Trinajstić information content (AvgIpc) is 2.82. The number of rotatable bonds is 9. The maximum Gasteiger partial charge on any atom is 0.412 e. The molecule has 3 aromatic rings. The second kappa shape index (κ2) is 12.7. The Morgan fingerprint density at radius 1 is 0.824 bits per heavy atom. The Morgan fingerprint density at radius 3 is 2.21 bits per heavy atom. The largest absolute Gasteiger partial charge is 0.445 e. The third-order valence-electron chi connectivity index (χ3n) is 5.13. The molecule has 2 N–H and O–H groups in total. The lowest BCUT2D eigenvalue weighted by Gasteiger charge is -2.15. The molecule has 0 saturated heterocycles. The molecule has 6 nitrogen and oxygen atoms in total. The minimum absolute atomic E-state index is 0.0791. The van der Waals surface area contributed by atoms with Gasteiger partial charge in [-0.05, 0) is 35.6 Å². The van der Waals surface area contributed by atoms with Crippen molar-refractivity contribution in [2.75, 3.05) is 6.54 Å². The first kappa shape index (κ1) is 25.1. The zero-order valence-electron chi connectivity index (χ0n) is 19.3. The van der Waals surface area contributed by atoms with E-state index in [0.717, 1.165) is 28.7 Å². The fourth-order valence-electron chi connectivity index (χ4n) is 3.29. The van der Waals surface area contributed by atoms with Crippen molar-refractivity contribution in [3.63, 3.8) is 0 Å². The highest BCUT2D eigenvalue weighted by atomic mass is 35.5. The van der Waals surface area contributed by atoms with Crippen molar-refractivity contribution in [3.8, 4) is 16.9 Å². The normalized spacial score (nSPS) is 10.6. The second-order valence-corrected chi connectivity index (χ2v) is 8.58. The predicted octanol–water partition coefficient (Wildman–Crippen LogP) is 6.57. The van der Waals surface area contributed by atoms with Crippen LogP contribution in [0.15, 0.2) is 72.8 Å². The molecule has 3 aromatic carbocycles. The molecule has 0 atom stereocenters. The van der Waals surface area contributed by atoms with Crippen molar-refractivity contribution in [1.82, 2.24) is 10.6 Å². The van der Waals surface area contributed by atoms with Gasteiger partial charge in [-0.15, -0.1) is 0 Å². The number of amides is 2. The van der Waals surface area contributed by atoms with E-state index in [9.17, 15) is 9.59 Å². The van der Waals surface area contributed by atoms with Crippen molar-refractivity contribution in [2.24, 2.45) is 5.92 Å². The van der Waals surface area contributed by atoms with Gasteiger partial charge in [-0.1, -0.05) is 86.1 Å². The molecular weight excluding hydrogens is 452 g/mol. The Hall–Kier alpha value is -3.51. The van der Waals surface area contributed by atoms with Crippen LogP contribution >= 0.6 is 11.6 Å². The molecule has 0 radical (unpaired) electrons. The quantitative estimate of drug-likeness (QED) is 0.363. The summed E-state index contributed by atoms with van der Waals surface area (Å²) in [6.07, 6.45) is -0.173. The molecule has 0 aliphatic heterocycles. The smallest absolute Gasteiger partial charge is 0.412 e. The van der Waals surface area contributed by atoms with Crippen LogP contribution in [0.4, 0.5) is 9.59 Å². The lowest BCUT2D eigenvalue weighted by atomic mass is 9.99. The predicted molar refractivity (Wildman–Crippen MR) is 134 cm³/mol. The molecule has 0 aliphatic carbocycles. The van der Waals surface area contributed by atoms with Gasteiger partial charge in [-0.25, -0.2) is 9.59 Å². The standard InChI is InChI=1S/C27H29ClN2O4/c1-19(2)15-16-29-27(32)34-25-14-8-6-12-23(25)22-11-5-3-9-20(22)17-30-26(31)33-18-21-10-4-7-13-24(21)28/h3-14,19H,15-18H2,1-2H3,(H,29,32)(H,30,31). The molecule has 0 spiro atoms. The molecule has 0 aliphatic rings. The van der Waals surface area contributed by atoms with Crippen LogP contribution in [0.3, 0.4) is 0 Å². The number of hydrogen-bond donors (Lipinski definition) is 2. The molecule has 0 heterocycles. The van der Waals surface area contributed by atoms with Gasteiger partial charge >= 0.3 is 12.2 Å². The lowest BCUT2D eigenvalue weighted by Crippen LogP contribution is -2.28. The van der Waals surface area contributed by atoms with Crippen LogP contribution < -0.4 is 15.4 Å². The number of nitrogens with one attached hydrogen (secondary N) is 2. The van der Waals surface area contributed by atoms with Crippen LogP contribution in [0.1, 0.15) is 31.4 Å². The number of benzene rings is 3. The Balaban J connectivity index is 1.65. The molecule has 0 unspecified atom stereocenters. The second-order valence-electron chi connectivity index (χ2n) is 8.17. The highest BCUT2D eigenvalue weighted by Crippen LogP contribution is 2.32. The molecule has 2 amide bonds. The minimum Gasteiger partial charge on any atom is -0.445 e. The van der Waals surface area contributed by atoms with Gasteiger partial charge in [-0.2, -0.15) is 0 Å². The van der Waals surface area contributed by atoms with Gasteiger partial charge in [0.25, 0.3) is 0 Å². The van der Waals surface area contributed by atoms with Crippen LogP contribution in [-0.4, -0.2) is 18.7 Å². The molecular formula is C27H29ClN2O4. The van der Waals surface area contributed by atoms with Crippen molar-refractivity contribution >= 4 is 23.8 Å². The Morgan fingerprint density at radius 2 is 1.47 bits per heavy atom. The summed E-state index contributed by atoms with van der Waals surface area (Å²) >= 11 is 6.11. The van der Waals surface area contributed by atoms with Gasteiger partial charge in [0, 0.05) is 29.2 Å². The van der Waals surface area contributed by atoms with Crippen LogP contribution in [0.25, 0.3) is 11.1 Å². The number of carbonyl (C=O) groups excluding carboxylic acids is 2. The first-order valence-electron chi connectivity index (χ1n) is 11.2. The van der Waals surface area contributed by atoms with E-state index < -0.39 is 12.2 Å². The van der Waals surface area contributed by atoms with Crippen LogP contribution in [0.2, 0.25) is 5.02 Å². The number of hydrogen-bond acceptors (Lipinski definition) is 4. The fraction of sp³-hybridized carbons (Fsp3) is 0.259. The number of carbonyl (C=O) groups is 2. The van der Waals surface area contributed by atoms with E-state index in [4.69, 9.17) is 21.1 Å². The highest BCUT2D eigenvalue weighted by molar-refractivity contribution is 6.31. The Kier molecular flexibility index (Phi) is 9.35. The minimum atomic E-state index is -0.552. The van der Waals surface area contributed by atoms with E-state index in [1.54, 1.807) is 18.2 Å². The molecule has 0 aromatic heterocycles. The topological polar surface area (TPSA) is 76.7 Å². The Labute approximate surface area is 205 Å². The van der Waals surface area contributed by atoms with Crippen molar-refractivity contribution in [2.45, 2.75) is 33.4 Å². The summed E-state index contributed by atoms with van der Waals surface area (Å²) in [5, 5.41) is 6.10. The van der Waals surface area contributed by atoms with E-state index in [-0.39, 0.29) is 13.2 Å². The summed E-state index contributed by atoms with van der Waals surface area (Å²) in [4.78, 5) is 24.5. The molecule has 0 fully saturated rings. The van der Waals surface area contributed by atoms with Gasteiger partial charge in [0.05, 0.1) is 0 Å². The average molecular weight is 481 g/mol. The van der Waals surface area contributed by atoms with Gasteiger partial charge in [0.1, 0.15) is 12.4 Å². The summed E-state index contributed by atoms with van der Waals surface area (Å²) in [5.74, 6) is 0.932. The van der Waals surface area contributed by atoms with E-state index in [0.29, 0.717) is 23.2 Å². The van der Waals surface area contributed by atoms with Gasteiger partial charge < -0.3 is 20.1 Å². The van der Waals surface area contributed by atoms with E-state index in [2.05, 4.69) is 24.5 Å². The summed E-state index contributed by atoms with van der Waals surface area (Å²) in [6, 6.07) is 22.1. The lowest BCUT2D eigenvalue weighted by molar-refractivity contribution is 0.139. The van der Waals surface area contributed by atoms with Crippen molar-refractivity contribution in [3.05, 3.63) is 88.9 Å². The van der Waals surface area contributed by atoms with Crippen LogP contribution in [0.5, 0.6) is 5.75 Å². The molecule has 0 bridgehead atoms. The van der Waals surface area contributed by atoms with E-state index in [1.807, 2.05) is 54.6 Å². The van der Waals surface area contributed by atoms with E-state index in [1.165, 1.54) is 0 Å². The van der Waals surface area contributed by atoms with Gasteiger partial charge in [0.15, 0.2) is 0 Å². The summed E-state index contributed by atoms with van der Waals surface area (Å²) in [5.41, 5.74) is 3.19. The zero-order chi connectivity index (χ0) is 24.3. The van der Waals surface area contributed by atoms with Crippen LogP contribution in [0, 0.1) is 5.92 Å². The van der Waals surface area contributed by atoms with Gasteiger partial charge in [-0.3, -0.25) is 0 Å². The molecule has 3 rings (SSSR count). The maximum atomic E-state index is 12.3. The van der Waals surface area contributed by atoms with Gasteiger partial charge in [0.2, 0.25) is 0 Å². The molecule has 178 valence electrons. The van der Waals surface area contributed by atoms with Crippen molar-refractivity contribution < 1.29 is 19.1 Å². The Bertz CT molecular complexity index is 1120. The third kappa shape index (κ3) is 7.52. The molecule has 0 saturated carbocycles.